The van der Waals surface area contributed by atoms with E-state index in [-0.39, 0.29) is 29.8 Å². The lowest BCUT2D eigenvalue weighted by molar-refractivity contribution is -0.154. The van der Waals surface area contributed by atoms with E-state index in [0.717, 1.165) is 38.5 Å². The Bertz CT molecular complexity index is 1000. The van der Waals surface area contributed by atoms with Gasteiger partial charge in [0.2, 0.25) is 11.9 Å². The summed E-state index contributed by atoms with van der Waals surface area (Å²) in [7, 11) is 1.25. The van der Waals surface area contributed by atoms with Crippen molar-refractivity contribution in [2.24, 2.45) is 5.73 Å². The van der Waals surface area contributed by atoms with Gasteiger partial charge in [0.1, 0.15) is 11.3 Å². The Morgan fingerprint density at radius 1 is 1.00 bits per heavy atom. The summed E-state index contributed by atoms with van der Waals surface area (Å²) in [4.78, 5) is 24.2. The second kappa shape index (κ2) is 16.7. The number of hydrogen-bond acceptors (Lipinski definition) is 10. The fourth-order valence-electron chi connectivity index (χ4n) is 3.24. The highest BCUT2D eigenvalue weighted by Gasteiger charge is 2.29. The molecule has 0 spiro atoms. The minimum absolute atomic E-state index is 0.0565. The van der Waals surface area contributed by atoms with Gasteiger partial charge in [0.15, 0.2) is 6.61 Å². The number of hydrogen-bond donors (Lipinski definition) is 3. The molecule has 2 aromatic rings. The topological polar surface area (TPSA) is 134 Å². The van der Waals surface area contributed by atoms with Gasteiger partial charge in [0, 0.05) is 24.2 Å². The van der Waals surface area contributed by atoms with Crippen LogP contribution in [0.15, 0.2) is 18.2 Å². The third-order valence-electron chi connectivity index (χ3n) is 5.07. The molecule has 0 saturated heterocycles. The van der Waals surface area contributed by atoms with E-state index in [4.69, 9.17) is 31.5 Å². The van der Waals surface area contributed by atoms with E-state index < -0.39 is 24.8 Å². The number of ether oxygens (including phenoxy) is 3. The van der Waals surface area contributed by atoms with Crippen molar-refractivity contribution in [3.63, 3.8) is 0 Å². The molecule has 0 fully saturated rings. The van der Waals surface area contributed by atoms with E-state index in [2.05, 4.69) is 25.6 Å². The molecule has 14 heteroatoms. The van der Waals surface area contributed by atoms with Crippen molar-refractivity contribution >= 4 is 35.2 Å². The molecule has 10 nitrogen and oxygen atoms in total. The number of nitrogens with zero attached hydrogens (tertiary/aromatic N) is 3. The normalized spacial score (nSPS) is 11.2. The van der Waals surface area contributed by atoms with Gasteiger partial charge in [-0.2, -0.15) is 28.1 Å². The van der Waals surface area contributed by atoms with Crippen molar-refractivity contribution in [2.45, 2.75) is 51.1 Å². The van der Waals surface area contributed by atoms with Gasteiger partial charge in [-0.25, -0.2) is 4.79 Å². The Labute approximate surface area is 224 Å². The van der Waals surface area contributed by atoms with Crippen molar-refractivity contribution in [1.29, 1.82) is 0 Å². The molecule has 0 aliphatic rings. The predicted molar refractivity (Wildman–Crippen MR) is 139 cm³/mol. The first-order valence-corrected chi connectivity index (χ1v) is 12.9. The van der Waals surface area contributed by atoms with E-state index in [0.29, 0.717) is 31.1 Å². The summed E-state index contributed by atoms with van der Waals surface area (Å²) in [6.07, 6.45) is 2.05. The van der Waals surface area contributed by atoms with Crippen LogP contribution in [0.4, 0.5) is 30.8 Å². The van der Waals surface area contributed by atoms with Crippen molar-refractivity contribution in [2.75, 3.05) is 49.9 Å². The fourth-order valence-corrected chi connectivity index (χ4v) is 3.35. The molecule has 212 valence electrons. The maximum atomic E-state index is 12.7. The number of benzene rings is 1. The number of nitrogens with one attached hydrogen (secondary N) is 2. The molecule has 0 saturated carbocycles. The van der Waals surface area contributed by atoms with E-state index in [9.17, 15) is 18.0 Å². The first-order valence-electron chi connectivity index (χ1n) is 12.3. The van der Waals surface area contributed by atoms with Crippen LogP contribution in [0.25, 0.3) is 0 Å². The number of carbonyl (C=O) groups excluding carboxylic acids is 1. The molecule has 0 aliphatic heterocycles. The zero-order valence-electron chi connectivity index (χ0n) is 21.3. The Kier molecular flexibility index (Phi) is 13.7. The van der Waals surface area contributed by atoms with E-state index in [1.807, 2.05) is 0 Å². The van der Waals surface area contributed by atoms with Gasteiger partial charge >= 0.3 is 18.2 Å². The van der Waals surface area contributed by atoms with Gasteiger partial charge < -0.3 is 30.6 Å². The van der Waals surface area contributed by atoms with E-state index in [1.165, 1.54) is 19.2 Å². The Morgan fingerprint density at radius 3 is 2.39 bits per heavy atom. The Hall–Kier alpha value is -3.06. The largest absolute Gasteiger partial charge is 0.493 e. The van der Waals surface area contributed by atoms with E-state index >= 15 is 0 Å². The second-order valence-electron chi connectivity index (χ2n) is 8.22. The summed E-state index contributed by atoms with van der Waals surface area (Å²) in [5.41, 5.74) is 6.10. The van der Waals surface area contributed by atoms with Gasteiger partial charge in [0.05, 0.1) is 13.7 Å². The molecule has 1 aromatic heterocycles. The average Bonchev–Trinajstić information content (AvgIpc) is 2.88. The maximum Gasteiger partial charge on any atom is 0.422 e. The van der Waals surface area contributed by atoms with Gasteiger partial charge in [-0.05, 0) is 37.9 Å². The molecule has 0 aliphatic carbocycles. The van der Waals surface area contributed by atoms with Crippen LogP contribution in [0.2, 0.25) is 0 Å². The van der Waals surface area contributed by atoms with Crippen LogP contribution in [-0.2, 0) is 4.74 Å². The SMILES string of the molecule is COC(=O)c1ccc(Nc2nc(NCCCCCCCCN)nc(OCC(F)(F)F)n2)cc1OCCCCl. The minimum atomic E-state index is -4.56. The highest BCUT2D eigenvalue weighted by molar-refractivity contribution is 6.17. The van der Waals surface area contributed by atoms with Crippen LogP contribution in [0.1, 0.15) is 55.3 Å². The van der Waals surface area contributed by atoms with Crippen LogP contribution in [-0.4, -0.2) is 66.4 Å². The molecular formula is C24H34ClF3N6O4. The molecule has 1 aromatic carbocycles. The van der Waals surface area contributed by atoms with Gasteiger partial charge in [-0.1, -0.05) is 25.7 Å². The smallest absolute Gasteiger partial charge is 0.422 e. The number of esters is 1. The number of carbonyl (C=O) groups is 1. The lowest BCUT2D eigenvalue weighted by Gasteiger charge is -2.14. The molecule has 0 amide bonds. The van der Waals surface area contributed by atoms with Gasteiger partial charge in [-0.15, -0.1) is 11.6 Å². The molecule has 0 bridgehead atoms. The molecule has 38 heavy (non-hydrogen) atoms. The van der Waals surface area contributed by atoms with Crippen LogP contribution in [0.3, 0.4) is 0 Å². The highest BCUT2D eigenvalue weighted by Crippen LogP contribution is 2.27. The minimum Gasteiger partial charge on any atom is -0.493 e. The summed E-state index contributed by atoms with van der Waals surface area (Å²) in [5, 5.41) is 5.90. The molecule has 2 rings (SSSR count). The fraction of sp³-hybridized carbons (Fsp3) is 0.583. The lowest BCUT2D eigenvalue weighted by Crippen LogP contribution is -2.21. The van der Waals surface area contributed by atoms with Crippen LogP contribution >= 0.6 is 11.6 Å². The quantitative estimate of drug-likeness (QED) is 0.128. The third-order valence-corrected chi connectivity index (χ3v) is 5.34. The number of aromatic nitrogens is 3. The molecule has 0 unspecified atom stereocenters. The van der Waals surface area contributed by atoms with Gasteiger partial charge in [0.25, 0.3) is 0 Å². The summed E-state index contributed by atoms with van der Waals surface area (Å²) in [6, 6.07) is 4.07. The third kappa shape index (κ3) is 12.0. The summed E-state index contributed by atoms with van der Waals surface area (Å²) in [6.45, 7) is -0.0798. The maximum absolute atomic E-state index is 12.7. The first-order chi connectivity index (χ1) is 18.3. The summed E-state index contributed by atoms with van der Waals surface area (Å²) < 4.78 is 53.3. The number of methoxy groups -OCH3 is 1. The number of unbranched alkanes of at least 4 members (excludes halogenated alkanes) is 5. The molecule has 1 heterocycles. The number of alkyl halides is 4. The Morgan fingerprint density at radius 2 is 1.71 bits per heavy atom. The number of nitrogens with two attached hydrogens (primary N) is 1. The number of rotatable bonds is 18. The molecule has 4 N–H and O–H groups in total. The molecule has 0 atom stereocenters. The highest BCUT2D eigenvalue weighted by atomic mass is 35.5. The summed E-state index contributed by atoms with van der Waals surface area (Å²) in [5.74, 6) is 0.0263. The zero-order valence-corrected chi connectivity index (χ0v) is 22.0. The number of anilines is 3. The van der Waals surface area contributed by atoms with Crippen molar-refractivity contribution in [1.82, 2.24) is 15.0 Å². The predicted octanol–water partition coefficient (Wildman–Crippen LogP) is 5.06. The van der Waals surface area contributed by atoms with Crippen LogP contribution in [0, 0.1) is 0 Å². The first kappa shape index (κ1) is 31.2. The zero-order chi connectivity index (χ0) is 27.8. The Balaban J connectivity index is 2.15. The average molecular weight is 563 g/mol. The standard InChI is InChI=1S/C24H34ClF3N6O4/c1-36-20(35)18-10-9-17(15-19(18)37-14-8-11-25)31-22-32-21(30-13-7-5-3-2-4-6-12-29)33-23(34-22)38-16-24(26,27)28/h9-10,15H,2-8,11-14,16,29H2,1H3,(H2,30,31,32,33,34). The summed E-state index contributed by atoms with van der Waals surface area (Å²) >= 11 is 5.70. The molecular weight excluding hydrogens is 529 g/mol. The van der Waals surface area contributed by atoms with Gasteiger partial charge in [-0.3, -0.25) is 0 Å². The lowest BCUT2D eigenvalue weighted by atomic mass is 10.1. The monoisotopic (exact) mass is 562 g/mol. The van der Waals surface area contributed by atoms with Crippen molar-refractivity contribution in [3.05, 3.63) is 23.8 Å². The van der Waals surface area contributed by atoms with Crippen molar-refractivity contribution in [3.8, 4) is 11.8 Å². The van der Waals surface area contributed by atoms with Crippen LogP contribution < -0.4 is 25.8 Å². The van der Waals surface area contributed by atoms with Crippen molar-refractivity contribution < 1.29 is 32.2 Å². The number of halogens is 4. The second-order valence-corrected chi connectivity index (χ2v) is 8.60. The molecule has 0 radical (unpaired) electrons. The van der Waals surface area contributed by atoms with Crippen LogP contribution in [0.5, 0.6) is 11.8 Å². The van der Waals surface area contributed by atoms with E-state index in [1.54, 1.807) is 6.07 Å².